The number of likely N-dealkylation sites (tertiary alicyclic amines) is 1. The quantitative estimate of drug-likeness (QED) is 0.736. The van der Waals surface area contributed by atoms with E-state index in [4.69, 9.17) is 4.74 Å². The van der Waals surface area contributed by atoms with Crippen molar-refractivity contribution in [3.63, 3.8) is 0 Å². The van der Waals surface area contributed by atoms with E-state index in [1.54, 1.807) is 0 Å². The van der Waals surface area contributed by atoms with E-state index >= 15 is 0 Å². The van der Waals surface area contributed by atoms with E-state index in [1.807, 2.05) is 13.8 Å². The minimum Gasteiger partial charge on any atom is -0.465 e. The van der Waals surface area contributed by atoms with Gasteiger partial charge in [-0.2, -0.15) is 0 Å². The summed E-state index contributed by atoms with van der Waals surface area (Å²) >= 11 is 0. The Morgan fingerprint density at radius 1 is 1.17 bits per heavy atom. The van der Waals surface area contributed by atoms with E-state index in [1.165, 1.54) is 32.1 Å². The van der Waals surface area contributed by atoms with Crippen LogP contribution >= 0.6 is 0 Å². The molecule has 18 heavy (non-hydrogen) atoms. The summed E-state index contributed by atoms with van der Waals surface area (Å²) in [5.41, 5.74) is 0. The highest BCUT2D eigenvalue weighted by Crippen LogP contribution is 2.11. The maximum atomic E-state index is 11.8. The summed E-state index contributed by atoms with van der Waals surface area (Å²) in [6.07, 6.45) is 6.51. The first-order valence-electron chi connectivity index (χ1n) is 7.40. The third-order valence-corrected chi connectivity index (χ3v) is 3.41. The van der Waals surface area contributed by atoms with Crippen molar-refractivity contribution in [1.29, 1.82) is 0 Å². The van der Waals surface area contributed by atoms with Crippen molar-refractivity contribution in [1.82, 2.24) is 10.2 Å². The lowest BCUT2D eigenvalue weighted by molar-refractivity contribution is -0.146. The van der Waals surface area contributed by atoms with E-state index in [-0.39, 0.29) is 12.0 Å². The molecule has 4 heteroatoms. The average Bonchev–Trinajstić information content (AvgIpc) is 2.31. The number of esters is 1. The largest absolute Gasteiger partial charge is 0.465 e. The molecular weight excluding hydrogens is 228 g/mol. The third-order valence-electron chi connectivity index (χ3n) is 3.41. The molecule has 1 N–H and O–H groups in total. The second kappa shape index (κ2) is 9.34. The highest BCUT2D eigenvalue weighted by atomic mass is 16.5. The number of hydrogen-bond donors (Lipinski definition) is 1. The molecule has 0 radical (unpaired) electrons. The van der Waals surface area contributed by atoms with Gasteiger partial charge >= 0.3 is 5.97 Å². The molecule has 1 rings (SSSR count). The number of hydrogen-bond acceptors (Lipinski definition) is 4. The maximum Gasteiger partial charge on any atom is 0.324 e. The van der Waals surface area contributed by atoms with Crippen LogP contribution in [0.25, 0.3) is 0 Å². The van der Waals surface area contributed by atoms with Gasteiger partial charge in [0.25, 0.3) is 0 Å². The molecule has 0 aromatic heterocycles. The topological polar surface area (TPSA) is 41.6 Å². The van der Waals surface area contributed by atoms with Crippen molar-refractivity contribution >= 4 is 5.97 Å². The van der Waals surface area contributed by atoms with Crippen LogP contribution in [-0.2, 0) is 9.53 Å². The van der Waals surface area contributed by atoms with Crippen molar-refractivity contribution in [2.45, 2.75) is 52.0 Å². The van der Waals surface area contributed by atoms with Crippen LogP contribution < -0.4 is 5.32 Å². The summed E-state index contributed by atoms with van der Waals surface area (Å²) in [5, 5.41) is 3.23. The Hall–Kier alpha value is -0.610. The minimum atomic E-state index is -0.172. The highest BCUT2D eigenvalue weighted by Gasteiger charge is 2.22. The monoisotopic (exact) mass is 256 g/mol. The van der Waals surface area contributed by atoms with Crippen LogP contribution in [0.5, 0.6) is 0 Å². The highest BCUT2D eigenvalue weighted by molar-refractivity contribution is 5.76. The molecular formula is C14H28N2O2. The Morgan fingerprint density at radius 2 is 1.78 bits per heavy atom. The fourth-order valence-electron chi connectivity index (χ4n) is 2.47. The van der Waals surface area contributed by atoms with Crippen molar-refractivity contribution in [3.8, 4) is 0 Å². The summed E-state index contributed by atoms with van der Waals surface area (Å²) < 4.78 is 5.13. The Morgan fingerprint density at radius 3 is 2.33 bits per heavy atom. The molecule has 0 aromatic carbocycles. The molecule has 0 bridgehead atoms. The Kier molecular flexibility index (Phi) is 8.01. The molecule has 0 amide bonds. The van der Waals surface area contributed by atoms with Gasteiger partial charge in [0.05, 0.1) is 6.61 Å². The van der Waals surface area contributed by atoms with Gasteiger partial charge in [-0.05, 0) is 39.4 Å². The summed E-state index contributed by atoms with van der Waals surface area (Å²) in [5.74, 6) is -0.110. The number of ether oxygens (including phenoxy) is 1. The maximum absolute atomic E-state index is 11.8. The number of nitrogens with zero attached hydrogens (tertiary/aromatic N) is 1. The van der Waals surface area contributed by atoms with Gasteiger partial charge in [-0.15, -0.1) is 0 Å². The molecule has 4 nitrogen and oxygen atoms in total. The predicted molar refractivity (Wildman–Crippen MR) is 73.6 cm³/mol. The Labute approximate surface area is 111 Å². The molecule has 1 fully saturated rings. The van der Waals surface area contributed by atoms with Crippen molar-refractivity contribution < 1.29 is 9.53 Å². The van der Waals surface area contributed by atoms with Crippen LogP contribution in [-0.4, -0.2) is 49.7 Å². The Balaban J connectivity index is 2.44. The van der Waals surface area contributed by atoms with E-state index in [0.717, 1.165) is 26.2 Å². The SMILES string of the molecule is CCNC(CN1CCCCCCC1)C(=O)OCC. The van der Waals surface area contributed by atoms with Crippen molar-refractivity contribution in [2.24, 2.45) is 0 Å². The van der Waals surface area contributed by atoms with E-state index in [0.29, 0.717) is 6.61 Å². The first-order chi connectivity index (χ1) is 8.77. The molecule has 1 heterocycles. The Bertz CT molecular complexity index is 226. The summed E-state index contributed by atoms with van der Waals surface area (Å²) in [6, 6.07) is -0.172. The van der Waals surface area contributed by atoms with Crippen LogP contribution in [0.2, 0.25) is 0 Å². The van der Waals surface area contributed by atoms with Crippen LogP contribution in [0.4, 0.5) is 0 Å². The molecule has 0 aromatic rings. The molecule has 1 saturated heterocycles. The molecule has 106 valence electrons. The normalized spacial score (nSPS) is 19.9. The number of carbonyl (C=O) groups is 1. The summed E-state index contributed by atoms with van der Waals surface area (Å²) in [4.78, 5) is 14.3. The van der Waals surface area contributed by atoms with Crippen molar-refractivity contribution in [3.05, 3.63) is 0 Å². The molecule has 0 aliphatic carbocycles. The van der Waals surface area contributed by atoms with E-state index < -0.39 is 0 Å². The molecule has 1 atom stereocenters. The van der Waals surface area contributed by atoms with Gasteiger partial charge < -0.3 is 15.0 Å². The van der Waals surface area contributed by atoms with Gasteiger partial charge in [0.2, 0.25) is 0 Å². The van der Waals surface area contributed by atoms with Crippen molar-refractivity contribution in [2.75, 3.05) is 32.8 Å². The summed E-state index contributed by atoms with van der Waals surface area (Å²) in [7, 11) is 0. The standard InChI is InChI=1S/C14H28N2O2/c1-3-15-13(14(17)18-4-2)12-16-10-8-6-5-7-9-11-16/h13,15H,3-12H2,1-2H3. The lowest BCUT2D eigenvalue weighted by Gasteiger charge is -2.28. The first-order valence-corrected chi connectivity index (χ1v) is 7.40. The molecule has 0 spiro atoms. The molecule has 1 aliphatic heterocycles. The lowest BCUT2D eigenvalue weighted by atomic mass is 10.1. The number of carbonyl (C=O) groups excluding carboxylic acids is 1. The zero-order valence-electron chi connectivity index (χ0n) is 11.9. The van der Waals surface area contributed by atoms with E-state index in [9.17, 15) is 4.79 Å². The van der Waals surface area contributed by atoms with Crippen LogP contribution in [0.3, 0.4) is 0 Å². The first kappa shape index (κ1) is 15.4. The van der Waals surface area contributed by atoms with Crippen LogP contribution in [0, 0.1) is 0 Å². The average molecular weight is 256 g/mol. The smallest absolute Gasteiger partial charge is 0.324 e. The number of likely N-dealkylation sites (N-methyl/N-ethyl adjacent to an activating group) is 1. The van der Waals surface area contributed by atoms with Gasteiger partial charge in [0, 0.05) is 6.54 Å². The lowest BCUT2D eigenvalue weighted by Crippen LogP contribution is -2.47. The predicted octanol–water partition coefficient (Wildman–Crippen LogP) is 1.79. The number of rotatable bonds is 6. The zero-order valence-corrected chi connectivity index (χ0v) is 11.9. The van der Waals surface area contributed by atoms with Crippen LogP contribution in [0.15, 0.2) is 0 Å². The second-order valence-electron chi connectivity index (χ2n) is 4.93. The molecule has 1 unspecified atom stereocenters. The minimum absolute atomic E-state index is 0.110. The third kappa shape index (κ3) is 5.83. The fraction of sp³-hybridized carbons (Fsp3) is 0.929. The number of nitrogens with one attached hydrogen (secondary N) is 1. The van der Waals surface area contributed by atoms with Gasteiger partial charge in [-0.25, -0.2) is 0 Å². The second-order valence-corrected chi connectivity index (χ2v) is 4.93. The van der Waals surface area contributed by atoms with Gasteiger partial charge in [0.15, 0.2) is 0 Å². The van der Waals surface area contributed by atoms with Gasteiger partial charge in [0.1, 0.15) is 6.04 Å². The zero-order chi connectivity index (χ0) is 13.2. The van der Waals surface area contributed by atoms with Crippen LogP contribution in [0.1, 0.15) is 46.0 Å². The summed E-state index contributed by atoms with van der Waals surface area (Å²) in [6.45, 7) is 8.16. The van der Waals surface area contributed by atoms with Gasteiger partial charge in [-0.3, -0.25) is 4.79 Å². The van der Waals surface area contributed by atoms with E-state index in [2.05, 4.69) is 10.2 Å². The molecule has 1 aliphatic rings. The van der Waals surface area contributed by atoms with Gasteiger partial charge in [-0.1, -0.05) is 26.2 Å². The molecule has 0 saturated carbocycles. The fourth-order valence-corrected chi connectivity index (χ4v) is 2.47.